The quantitative estimate of drug-likeness (QED) is 0.569. The van der Waals surface area contributed by atoms with E-state index in [0.717, 1.165) is 18.6 Å². The third-order valence-corrected chi connectivity index (χ3v) is 3.48. The van der Waals surface area contributed by atoms with Crippen LogP contribution in [0.2, 0.25) is 0 Å². The average molecular weight is 374 g/mol. The third kappa shape index (κ3) is 5.89. The minimum absolute atomic E-state index is 0.0423. The van der Waals surface area contributed by atoms with Crippen molar-refractivity contribution < 1.29 is 22.7 Å². The lowest BCUT2D eigenvalue weighted by Crippen LogP contribution is -2.14. The number of hydrogen-bond acceptors (Lipinski definition) is 3. The van der Waals surface area contributed by atoms with Crippen molar-refractivity contribution in [2.24, 2.45) is 0 Å². The molecule has 0 atom stereocenters. The first-order valence-corrected chi connectivity index (χ1v) is 8.16. The van der Waals surface area contributed by atoms with Gasteiger partial charge in [0.05, 0.1) is 12.2 Å². The van der Waals surface area contributed by atoms with Crippen molar-refractivity contribution >= 4 is 17.7 Å². The van der Waals surface area contributed by atoms with Gasteiger partial charge < -0.3 is 10.1 Å². The van der Waals surface area contributed by atoms with Crippen molar-refractivity contribution in [2.75, 3.05) is 11.9 Å². The van der Waals surface area contributed by atoms with Crippen molar-refractivity contribution in [3.8, 4) is 11.8 Å². The second-order valence-corrected chi connectivity index (χ2v) is 5.62. The fraction of sp³-hybridized carbons (Fsp3) is 0.200. The molecule has 2 aromatic rings. The molecular formula is C20H17F3N2O2. The Hall–Kier alpha value is -3.27. The summed E-state index contributed by atoms with van der Waals surface area (Å²) in [7, 11) is 0. The van der Waals surface area contributed by atoms with Crippen LogP contribution in [0.3, 0.4) is 0 Å². The number of amides is 1. The molecule has 0 aliphatic rings. The van der Waals surface area contributed by atoms with Crippen molar-refractivity contribution in [3.63, 3.8) is 0 Å². The number of carbonyl (C=O) groups excluding carboxylic acids is 1. The summed E-state index contributed by atoms with van der Waals surface area (Å²) in [6.07, 6.45) is -2.29. The average Bonchev–Trinajstić information content (AvgIpc) is 2.64. The van der Waals surface area contributed by atoms with E-state index in [4.69, 9.17) is 4.74 Å². The molecule has 0 bridgehead atoms. The number of nitriles is 1. The van der Waals surface area contributed by atoms with Gasteiger partial charge in [-0.2, -0.15) is 18.4 Å². The molecule has 0 aromatic heterocycles. The first-order valence-electron chi connectivity index (χ1n) is 8.16. The van der Waals surface area contributed by atoms with Gasteiger partial charge in [0.2, 0.25) is 0 Å². The molecule has 2 rings (SSSR count). The summed E-state index contributed by atoms with van der Waals surface area (Å²) >= 11 is 0. The number of rotatable bonds is 6. The highest BCUT2D eigenvalue weighted by Gasteiger charge is 2.30. The summed E-state index contributed by atoms with van der Waals surface area (Å²) in [6.45, 7) is 2.57. The maximum atomic E-state index is 12.7. The first-order chi connectivity index (χ1) is 12.8. The maximum Gasteiger partial charge on any atom is 0.416 e. The number of hydrogen-bond donors (Lipinski definition) is 1. The molecule has 0 radical (unpaired) electrons. The molecule has 2 aromatic carbocycles. The van der Waals surface area contributed by atoms with Gasteiger partial charge in [0.25, 0.3) is 5.91 Å². The van der Waals surface area contributed by atoms with E-state index in [1.807, 2.05) is 6.92 Å². The number of ether oxygens (including phenoxy) is 1. The van der Waals surface area contributed by atoms with E-state index in [9.17, 15) is 23.2 Å². The summed E-state index contributed by atoms with van der Waals surface area (Å²) in [5.74, 6) is -0.121. The zero-order valence-electron chi connectivity index (χ0n) is 14.5. The number of alkyl halides is 3. The topological polar surface area (TPSA) is 62.1 Å². The molecule has 0 heterocycles. The molecule has 27 heavy (non-hydrogen) atoms. The summed E-state index contributed by atoms with van der Waals surface area (Å²) in [5, 5.41) is 11.5. The smallest absolute Gasteiger partial charge is 0.416 e. The fourth-order valence-electron chi connectivity index (χ4n) is 2.17. The van der Waals surface area contributed by atoms with Gasteiger partial charge in [0, 0.05) is 5.69 Å². The van der Waals surface area contributed by atoms with Crippen LogP contribution in [-0.2, 0) is 11.0 Å². The predicted octanol–water partition coefficient (Wildman–Crippen LogP) is 5.04. The van der Waals surface area contributed by atoms with Gasteiger partial charge in [0.15, 0.2) is 0 Å². The highest BCUT2D eigenvalue weighted by atomic mass is 19.4. The highest BCUT2D eigenvalue weighted by Crippen LogP contribution is 2.30. The van der Waals surface area contributed by atoms with E-state index >= 15 is 0 Å². The fourth-order valence-corrected chi connectivity index (χ4v) is 2.17. The largest absolute Gasteiger partial charge is 0.494 e. The normalized spacial score (nSPS) is 11.6. The molecule has 1 amide bonds. The maximum absolute atomic E-state index is 12.7. The van der Waals surface area contributed by atoms with E-state index in [-0.39, 0.29) is 11.3 Å². The number of carbonyl (C=O) groups is 1. The minimum Gasteiger partial charge on any atom is -0.494 e. The van der Waals surface area contributed by atoms with Crippen molar-refractivity contribution in [2.45, 2.75) is 19.5 Å². The van der Waals surface area contributed by atoms with Crippen LogP contribution in [0, 0.1) is 11.3 Å². The molecule has 0 saturated heterocycles. The SMILES string of the molecule is CCCOc1ccc(/C=C(/C#N)C(=O)Nc2cccc(C(F)(F)F)c2)cc1. The molecule has 140 valence electrons. The molecular weight excluding hydrogens is 357 g/mol. The Morgan fingerprint density at radius 1 is 1.22 bits per heavy atom. The second kappa shape index (κ2) is 8.90. The Morgan fingerprint density at radius 2 is 1.93 bits per heavy atom. The lowest BCUT2D eigenvalue weighted by Gasteiger charge is -2.09. The third-order valence-electron chi connectivity index (χ3n) is 3.48. The van der Waals surface area contributed by atoms with Gasteiger partial charge in [-0.25, -0.2) is 0 Å². The zero-order chi connectivity index (χ0) is 19.9. The number of nitrogens with one attached hydrogen (secondary N) is 1. The van der Waals surface area contributed by atoms with Crippen LogP contribution in [0.25, 0.3) is 6.08 Å². The lowest BCUT2D eigenvalue weighted by molar-refractivity contribution is -0.137. The van der Waals surface area contributed by atoms with Crippen molar-refractivity contribution in [3.05, 3.63) is 65.2 Å². The van der Waals surface area contributed by atoms with Gasteiger partial charge >= 0.3 is 6.18 Å². The van der Waals surface area contributed by atoms with Crippen molar-refractivity contribution in [1.82, 2.24) is 0 Å². The van der Waals surface area contributed by atoms with Gasteiger partial charge in [-0.3, -0.25) is 4.79 Å². The molecule has 0 aliphatic carbocycles. The summed E-state index contributed by atoms with van der Waals surface area (Å²) in [6, 6.07) is 12.8. The standard InChI is InChI=1S/C20H17F3N2O2/c1-2-10-27-18-8-6-14(7-9-18)11-15(13-24)19(26)25-17-5-3-4-16(12-17)20(21,22)23/h3-9,11-12H,2,10H2,1H3,(H,25,26)/b15-11-. The van der Waals surface area contributed by atoms with Crippen LogP contribution in [-0.4, -0.2) is 12.5 Å². The van der Waals surface area contributed by atoms with Crippen molar-refractivity contribution in [1.29, 1.82) is 5.26 Å². The molecule has 0 spiro atoms. The Bertz CT molecular complexity index is 866. The summed E-state index contributed by atoms with van der Waals surface area (Å²) in [5.41, 5.74) is -0.561. The molecule has 0 aliphatic heterocycles. The number of benzene rings is 2. The van der Waals surface area contributed by atoms with Crippen LogP contribution in [0.4, 0.5) is 18.9 Å². The summed E-state index contributed by atoms with van der Waals surface area (Å²) in [4.78, 5) is 12.2. The Kier molecular flexibility index (Phi) is 6.61. The van der Waals surface area contributed by atoms with E-state index < -0.39 is 17.6 Å². The predicted molar refractivity (Wildman–Crippen MR) is 95.9 cm³/mol. The molecule has 0 unspecified atom stereocenters. The number of anilines is 1. The Balaban J connectivity index is 2.14. The van der Waals surface area contributed by atoms with Gasteiger partial charge in [-0.05, 0) is 48.4 Å². The molecule has 7 heteroatoms. The lowest BCUT2D eigenvalue weighted by atomic mass is 10.1. The van der Waals surface area contributed by atoms with E-state index in [1.54, 1.807) is 30.3 Å². The Morgan fingerprint density at radius 3 is 2.52 bits per heavy atom. The Labute approximate surface area is 154 Å². The molecule has 4 nitrogen and oxygen atoms in total. The van der Waals surface area contributed by atoms with Crippen LogP contribution in [0.15, 0.2) is 54.1 Å². The van der Waals surface area contributed by atoms with Crippen LogP contribution in [0.5, 0.6) is 5.75 Å². The zero-order valence-corrected chi connectivity index (χ0v) is 14.5. The second-order valence-electron chi connectivity index (χ2n) is 5.62. The van der Waals surface area contributed by atoms with E-state index in [2.05, 4.69) is 5.32 Å². The first kappa shape index (κ1) is 20.0. The molecule has 0 fully saturated rings. The highest BCUT2D eigenvalue weighted by molar-refractivity contribution is 6.09. The van der Waals surface area contributed by atoms with Crippen LogP contribution >= 0.6 is 0 Å². The van der Waals surface area contributed by atoms with Gasteiger partial charge in [-0.1, -0.05) is 25.1 Å². The van der Waals surface area contributed by atoms with Crippen LogP contribution < -0.4 is 10.1 Å². The minimum atomic E-state index is -4.52. The number of nitrogens with zero attached hydrogens (tertiary/aromatic N) is 1. The van der Waals surface area contributed by atoms with E-state index in [1.165, 1.54) is 18.2 Å². The van der Waals surface area contributed by atoms with Gasteiger partial charge in [-0.15, -0.1) is 0 Å². The molecule has 1 N–H and O–H groups in total. The monoisotopic (exact) mass is 374 g/mol. The summed E-state index contributed by atoms with van der Waals surface area (Å²) < 4.78 is 43.7. The van der Waals surface area contributed by atoms with Gasteiger partial charge in [0.1, 0.15) is 17.4 Å². The number of halogens is 3. The van der Waals surface area contributed by atoms with E-state index in [0.29, 0.717) is 17.9 Å². The van der Waals surface area contributed by atoms with Crippen LogP contribution in [0.1, 0.15) is 24.5 Å². The molecule has 0 saturated carbocycles.